The monoisotopic (exact) mass is 555 g/mol. The molecule has 182 valence electrons. The minimum atomic E-state index is -0.279. The number of nitrogens with one attached hydrogen (secondary N) is 1. The topological polar surface area (TPSA) is 61.9 Å². The van der Waals surface area contributed by atoms with Gasteiger partial charge in [0.15, 0.2) is 0 Å². The molecule has 1 N–H and O–H groups in total. The summed E-state index contributed by atoms with van der Waals surface area (Å²) in [5, 5.41) is 3.45. The van der Waals surface area contributed by atoms with Crippen LogP contribution in [0.15, 0.2) is 59.1 Å². The summed E-state index contributed by atoms with van der Waals surface area (Å²) in [5.41, 5.74) is 4.50. The first-order valence-electron chi connectivity index (χ1n) is 11.3. The van der Waals surface area contributed by atoms with E-state index in [4.69, 9.17) is 16.3 Å². The van der Waals surface area contributed by atoms with Gasteiger partial charge in [-0.05, 0) is 61.4 Å². The van der Waals surface area contributed by atoms with Crippen molar-refractivity contribution in [3.8, 4) is 5.75 Å². The summed E-state index contributed by atoms with van der Waals surface area (Å²) >= 11 is 10.0. The fourth-order valence-electron chi connectivity index (χ4n) is 4.34. The van der Waals surface area contributed by atoms with Crippen LogP contribution in [-0.2, 0) is 0 Å². The molecule has 2 amide bonds. The second-order valence-corrected chi connectivity index (χ2v) is 9.84. The van der Waals surface area contributed by atoms with Crippen LogP contribution >= 0.6 is 27.5 Å². The van der Waals surface area contributed by atoms with Crippen molar-refractivity contribution in [1.82, 2.24) is 4.90 Å². The average molecular weight is 557 g/mol. The van der Waals surface area contributed by atoms with Gasteiger partial charge in [0.1, 0.15) is 5.75 Å². The molecule has 0 radical (unpaired) electrons. The molecule has 0 atom stereocenters. The second kappa shape index (κ2) is 10.7. The van der Waals surface area contributed by atoms with Gasteiger partial charge in [-0.3, -0.25) is 9.59 Å². The zero-order chi connectivity index (χ0) is 25.1. The van der Waals surface area contributed by atoms with Gasteiger partial charge in [0, 0.05) is 41.9 Å². The number of rotatable bonds is 5. The number of carbonyl (C=O) groups excluding carboxylic acids is 2. The van der Waals surface area contributed by atoms with E-state index in [0.29, 0.717) is 48.2 Å². The minimum absolute atomic E-state index is 0.0603. The summed E-state index contributed by atoms with van der Waals surface area (Å²) in [4.78, 5) is 29.9. The van der Waals surface area contributed by atoms with Gasteiger partial charge in [-0.1, -0.05) is 45.7 Å². The number of halogens is 2. The Hall–Kier alpha value is -3.03. The third-order valence-corrected chi connectivity index (χ3v) is 6.94. The molecule has 35 heavy (non-hydrogen) atoms. The first-order chi connectivity index (χ1) is 16.8. The molecular weight excluding hydrogens is 530 g/mol. The van der Waals surface area contributed by atoms with Gasteiger partial charge >= 0.3 is 0 Å². The largest absolute Gasteiger partial charge is 0.496 e. The lowest BCUT2D eigenvalue weighted by Crippen LogP contribution is -2.49. The molecule has 1 saturated heterocycles. The molecule has 1 aliphatic heterocycles. The fraction of sp³-hybridized carbons (Fsp3) is 0.259. The number of aryl methyl sites for hydroxylation is 2. The minimum Gasteiger partial charge on any atom is -0.496 e. The van der Waals surface area contributed by atoms with E-state index in [9.17, 15) is 9.59 Å². The molecule has 8 heteroatoms. The van der Waals surface area contributed by atoms with Crippen molar-refractivity contribution in [2.24, 2.45) is 0 Å². The van der Waals surface area contributed by atoms with E-state index in [1.165, 1.54) is 0 Å². The molecule has 4 rings (SSSR count). The normalized spacial score (nSPS) is 13.5. The predicted octanol–water partition coefficient (Wildman–Crippen LogP) is 5.94. The Morgan fingerprint density at radius 1 is 0.943 bits per heavy atom. The van der Waals surface area contributed by atoms with E-state index in [2.05, 4.69) is 26.1 Å². The van der Waals surface area contributed by atoms with Gasteiger partial charge in [-0.25, -0.2) is 0 Å². The summed E-state index contributed by atoms with van der Waals surface area (Å²) < 4.78 is 6.23. The molecule has 1 heterocycles. The Morgan fingerprint density at radius 3 is 2.31 bits per heavy atom. The number of anilines is 2. The Labute approximate surface area is 219 Å². The Kier molecular flexibility index (Phi) is 7.67. The lowest BCUT2D eigenvalue weighted by atomic mass is 10.1. The van der Waals surface area contributed by atoms with Crippen LogP contribution in [0, 0.1) is 13.8 Å². The molecule has 1 aliphatic rings. The summed E-state index contributed by atoms with van der Waals surface area (Å²) in [5.74, 6) is 0.315. The van der Waals surface area contributed by atoms with Crippen LogP contribution in [0.3, 0.4) is 0 Å². The highest BCUT2D eigenvalue weighted by molar-refractivity contribution is 9.10. The van der Waals surface area contributed by atoms with Crippen LogP contribution in [0.25, 0.3) is 0 Å². The number of methoxy groups -OCH3 is 1. The van der Waals surface area contributed by atoms with Crippen molar-refractivity contribution >= 4 is 50.7 Å². The summed E-state index contributed by atoms with van der Waals surface area (Å²) in [6.45, 7) is 6.43. The number of benzene rings is 3. The Morgan fingerprint density at radius 2 is 1.66 bits per heavy atom. The quantitative estimate of drug-likeness (QED) is 0.422. The molecule has 0 spiro atoms. The van der Waals surface area contributed by atoms with Crippen LogP contribution in [0.5, 0.6) is 5.75 Å². The smallest absolute Gasteiger partial charge is 0.259 e. The highest BCUT2D eigenvalue weighted by Gasteiger charge is 2.24. The lowest BCUT2D eigenvalue weighted by Gasteiger charge is -2.36. The van der Waals surface area contributed by atoms with Crippen molar-refractivity contribution in [2.75, 3.05) is 43.5 Å². The molecule has 3 aromatic carbocycles. The van der Waals surface area contributed by atoms with Crippen LogP contribution in [0.4, 0.5) is 11.4 Å². The third-order valence-electron chi connectivity index (χ3n) is 6.18. The van der Waals surface area contributed by atoms with Crippen molar-refractivity contribution in [3.05, 3.63) is 86.3 Å². The Bertz CT molecular complexity index is 1270. The zero-order valence-corrected chi connectivity index (χ0v) is 22.2. The van der Waals surface area contributed by atoms with Gasteiger partial charge in [-0.2, -0.15) is 0 Å². The van der Waals surface area contributed by atoms with Crippen molar-refractivity contribution in [1.29, 1.82) is 0 Å². The molecule has 0 aliphatic carbocycles. The molecule has 0 saturated carbocycles. The summed E-state index contributed by atoms with van der Waals surface area (Å²) in [6, 6.07) is 16.8. The molecule has 0 bridgehead atoms. The standard InChI is InChI=1S/C27H27BrClN3O3/c1-17-6-4-5-7-21(17)27(34)32-12-10-31(11-13-32)24-9-8-20(16-23(24)29)30-26(33)22-15-19(28)14-18(2)25(22)35-3/h4-9,14-16H,10-13H2,1-3H3,(H,30,33). The first kappa shape index (κ1) is 25.1. The SMILES string of the molecule is COc1c(C)cc(Br)cc1C(=O)Nc1ccc(N2CCN(C(=O)c3ccccc3C)CC2)c(Cl)c1. The van der Waals surface area contributed by atoms with Crippen LogP contribution in [0.2, 0.25) is 5.02 Å². The zero-order valence-electron chi connectivity index (χ0n) is 19.9. The van der Waals surface area contributed by atoms with Gasteiger partial charge in [-0.15, -0.1) is 0 Å². The molecule has 0 unspecified atom stereocenters. The molecule has 6 nitrogen and oxygen atoms in total. The van der Waals surface area contributed by atoms with Crippen LogP contribution in [-0.4, -0.2) is 50.0 Å². The highest BCUT2D eigenvalue weighted by Crippen LogP contribution is 2.32. The maximum absolute atomic E-state index is 12.9. The lowest BCUT2D eigenvalue weighted by molar-refractivity contribution is 0.0746. The molecule has 3 aromatic rings. The third kappa shape index (κ3) is 5.46. The number of hydrogen-bond acceptors (Lipinski definition) is 4. The predicted molar refractivity (Wildman–Crippen MR) is 144 cm³/mol. The number of ether oxygens (including phenoxy) is 1. The Balaban J connectivity index is 1.43. The highest BCUT2D eigenvalue weighted by atomic mass is 79.9. The average Bonchev–Trinajstić information content (AvgIpc) is 2.84. The van der Waals surface area contributed by atoms with Gasteiger partial charge < -0.3 is 19.9 Å². The second-order valence-electron chi connectivity index (χ2n) is 8.52. The number of amides is 2. The number of piperazine rings is 1. The molecule has 1 fully saturated rings. The first-order valence-corrected chi connectivity index (χ1v) is 12.5. The maximum atomic E-state index is 12.9. The van der Waals surface area contributed by atoms with Crippen molar-refractivity contribution in [2.45, 2.75) is 13.8 Å². The number of hydrogen-bond donors (Lipinski definition) is 1. The van der Waals surface area contributed by atoms with E-state index < -0.39 is 0 Å². The molecule has 0 aromatic heterocycles. The summed E-state index contributed by atoms with van der Waals surface area (Å²) in [6.07, 6.45) is 0. The summed E-state index contributed by atoms with van der Waals surface area (Å²) in [7, 11) is 1.55. The van der Waals surface area contributed by atoms with Crippen LogP contribution < -0.4 is 15.0 Å². The van der Waals surface area contributed by atoms with Gasteiger partial charge in [0.25, 0.3) is 11.8 Å². The fourth-order valence-corrected chi connectivity index (χ4v) is 5.22. The van der Waals surface area contributed by atoms with E-state index in [0.717, 1.165) is 26.9 Å². The molecular formula is C27H27BrClN3O3. The van der Waals surface area contributed by atoms with Crippen molar-refractivity contribution < 1.29 is 14.3 Å². The van der Waals surface area contributed by atoms with E-state index in [1.807, 2.05) is 61.2 Å². The van der Waals surface area contributed by atoms with E-state index >= 15 is 0 Å². The maximum Gasteiger partial charge on any atom is 0.259 e. The van der Waals surface area contributed by atoms with Gasteiger partial charge in [0.05, 0.1) is 23.4 Å². The number of nitrogens with zero attached hydrogens (tertiary/aromatic N) is 2. The van der Waals surface area contributed by atoms with Crippen molar-refractivity contribution in [3.63, 3.8) is 0 Å². The van der Waals surface area contributed by atoms with Gasteiger partial charge in [0.2, 0.25) is 0 Å². The van der Waals surface area contributed by atoms with E-state index in [1.54, 1.807) is 19.2 Å². The number of carbonyl (C=O) groups is 2. The van der Waals surface area contributed by atoms with Crippen LogP contribution in [0.1, 0.15) is 31.8 Å². The van der Waals surface area contributed by atoms with E-state index in [-0.39, 0.29) is 11.8 Å².